The van der Waals surface area contributed by atoms with Gasteiger partial charge in [0, 0.05) is 43.9 Å². The van der Waals surface area contributed by atoms with Gasteiger partial charge in [-0.15, -0.1) is 0 Å². The molecule has 224 valence electrons. The minimum Gasteiger partial charge on any atom is -0.359 e. The number of nitrogens with zero attached hydrogens (tertiary/aromatic N) is 2. The van der Waals surface area contributed by atoms with Crippen molar-refractivity contribution in [3.8, 4) is 0 Å². The number of anilines is 1. The fourth-order valence-electron chi connectivity index (χ4n) is 5.02. The summed E-state index contributed by atoms with van der Waals surface area (Å²) in [6, 6.07) is 17.8. The van der Waals surface area contributed by atoms with E-state index in [4.69, 9.17) is 0 Å². The third-order valence-corrected chi connectivity index (χ3v) is 9.47. The molecule has 0 radical (unpaired) electrons. The van der Waals surface area contributed by atoms with Crippen molar-refractivity contribution in [1.82, 2.24) is 10.2 Å². The largest absolute Gasteiger partial charge is 0.416 e. The van der Waals surface area contributed by atoms with Gasteiger partial charge >= 0.3 is 6.18 Å². The Hall–Kier alpha value is -3.86. The first-order chi connectivity index (χ1) is 19.8. The van der Waals surface area contributed by atoms with Gasteiger partial charge in [0.1, 0.15) is 6.04 Å². The van der Waals surface area contributed by atoms with Crippen LogP contribution < -0.4 is 10.2 Å². The number of hydrogen-bond acceptors (Lipinski definition) is 5. The van der Waals surface area contributed by atoms with Crippen LogP contribution in [0.3, 0.4) is 0 Å². The number of sulfone groups is 1. The van der Waals surface area contributed by atoms with Gasteiger partial charge < -0.3 is 15.1 Å². The molecule has 0 aromatic heterocycles. The molecule has 42 heavy (non-hydrogen) atoms. The molecule has 0 bridgehead atoms. The lowest BCUT2D eigenvalue weighted by atomic mass is 9.95. The fraction of sp³-hybridized carbons (Fsp3) is 0.355. The summed E-state index contributed by atoms with van der Waals surface area (Å²) >= 11 is 0. The quantitative estimate of drug-likeness (QED) is 0.361. The first-order valence-electron chi connectivity index (χ1n) is 13.7. The topological polar surface area (TPSA) is 86.8 Å². The highest BCUT2D eigenvalue weighted by Gasteiger charge is 2.39. The summed E-state index contributed by atoms with van der Waals surface area (Å²) in [5, 5.41) is 2.83. The van der Waals surface area contributed by atoms with E-state index in [1.807, 2.05) is 11.8 Å². The second-order valence-electron chi connectivity index (χ2n) is 10.3. The zero-order valence-corrected chi connectivity index (χ0v) is 24.5. The second-order valence-corrected chi connectivity index (χ2v) is 12.6. The molecule has 11 heteroatoms. The molecule has 1 aliphatic rings. The Balaban J connectivity index is 1.47. The van der Waals surface area contributed by atoms with Crippen molar-refractivity contribution >= 4 is 27.3 Å². The van der Waals surface area contributed by atoms with E-state index in [1.54, 1.807) is 55.3 Å². The summed E-state index contributed by atoms with van der Waals surface area (Å²) in [7, 11) is -1.58. The maximum Gasteiger partial charge on any atom is 0.416 e. The van der Waals surface area contributed by atoms with Crippen LogP contribution in [0.5, 0.6) is 0 Å². The van der Waals surface area contributed by atoms with Crippen molar-refractivity contribution < 1.29 is 31.2 Å². The van der Waals surface area contributed by atoms with Gasteiger partial charge in [0.15, 0.2) is 9.84 Å². The number of rotatable bonds is 9. The molecule has 1 aliphatic heterocycles. The fourth-order valence-corrected chi connectivity index (χ4v) is 5.91. The zero-order valence-electron chi connectivity index (χ0n) is 23.7. The van der Waals surface area contributed by atoms with Crippen LogP contribution in [-0.2, 0) is 27.4 Å². The van der Waals surface area contributed by atoms with E-state index in [0.717, 1.165) is 28.9 Å². The molecular formula is C31H34F3N3O4S. The average Bonchev–Trinajstić information content (AvgIpc) is 3.44. The standard InChI is InChI=1S/C31H34F3N3O4S/c1-4-36(3)30(39)28-18-24(22-8-12-25(13-9-22)31(32,33)34)20-37(28)26-14-10-23(11-15-26)29(38)35-19-21-6-16-27(17-7-21)42(40,41)5-2/h6-17,24,28H,4-5,18-20H2,1-3H3,(H,35,38)/t24?,28-/m0/s1. The van der Waals surface area contributed by atoms with Gasteiger partial charge in [-0.2, -0.15) is 13.2 Å². The summed E-state index contributed by atoms with van der Waals surface area (Å²) in [6.45, 7) is 4.63. The number of alkyl halides is 3. The van der Waals surface area contributed by atoms with Gasteiger partial charge in [-0.25, -0.2) is 8.42 Å². The molecule has 2 amide bonds. The van der Waals surface area contributed by atoms with Crippen LogP contribution in [0.15, 0.2) is 77.7 Å². The molecule has 7 nitrogen and oxygen atoms in total. The number of nitrogens with one attached hydrogen (secondary N) is 1. The van der Waals surface area contributed by atoms with Crippen LogP contribution in [0.2, 0.25) is 0 Å². The Labute approximate surface area is 244 Å². The van der Waals surface area contributed by atoms with Gasteiger partial charge in [0.05, 0.1) is 16.2 Å². The molecule has 1 saturated heterocycles. The second kappa shape index (κ2) is 12.6. The van der Waals surface area contributed by atoms with Crippen LogP contribution in [0.25, 0.3) is 0 Å². The van der Waals surface area contributed by atoms with Gasteiger partial charge in [0.25, 0.3) is 5.91 Å². The molecule has 1 N–H and O–H groups in total. The van der Waals surface area contributed by atoms with Crippen molar-refractivity contribution in [3.05, 3.63) is 95.1 Å². The summed E-state index contributed by atoms with van der Waals surface area (Å²) < 4.78 is 63.2. The third kappa shape index (κ3) is 6.95. The molecule has 1 heterocycles. The molecule has 2 atom stereocenters. The summed E-state index contributed by atoms with van der Waals surface area (Å²) in [5.74, 6) is -0.523. The lowest BCUT2D eigenvalue weighted by molar-refractivity contribution is -0.137. The number of carbonyl (C=O) groups excluding carboxylic acids is 2. The lowest BCUT2D eigenvalue weighted by Gasteiger charge is -2.29. The summed E-state index contributed by atoms with van der Waals surface area (Å²) in [6.07, 6.45) is -3.96. The van der Waals surface area contributed by atoms with E-state index in [-0.39, 0.29) is 34.9 Å². The van der Waals surface area contributed by atoms with Crippen molar-refractivity contribution in [2.75, 3.05) is 30.8 Å². The van der Waals surface area contributed by atoms with E-state index in [2.05, 4.69) is 5.32 Å². The number of benzene rings is 3. The van der Waals surface area contributed by atoms with Crippen molar-refractivity contribution in [1.29, 1.82) is 0 Å². The predicted molar refractivity (Wildman–Crippen MR) is 155 cm³/mol. The van der Waals surface area contributed by atoms with Crippen LogP contribution in [0, 0.1) is 0 Å². The van der Waals surface area contributed by atoms with Crippen molar-refractivity contribution in [2.45, 2.75) is 49.8 Å². The van der Waals surface area contributed by atoms with E-state index >= 15 is 0 Å². The Kier molecular flexibility index (Phi) is 9.30. The van der Waals surface area contributed by atoms with Gasteiger partial charge in [0.2, 0.25) is 5.91 Å². The molecule has 1 unspecified atom stereocenters. The van der Waals surface area contributed by atoms with E-state index in [9.17, 15) is 31.2 Å². The van der Waals surface area contributed by atoms with Crippen LogP contribution in [0.4, 0.5) is 18.9 Å². The maximum atomic E-state index is 13.2. The minimum atomic E-state index is -4.42. The molecule has 3 aromatic rings. The number of carbonyl (C=O) groups is 2. The molecular weight excluding hydrogens is 567 g/mol. The zero-order chi connectivity index (χ0) is 30.7. The molecule has 4 rings (SSSR count). The molecule has 0 saturated carbocycles. The Morgan fingerprint density at radius 1 is 0.952 bits per heavy atom. The highest BCUT2D eigenvalue weighted by atomic mass is 32.2. The monoisotopic (exact) mass is 601 g/mol. The van der Waals surface area contributed by atoms with Gasteiger partial charge in [-0.05, 0) is 73.0 Å². The SMILES string of the molecule is CCN(C)C(=O)[C@@H]1CC(c2ccc(C(F)(F)F)cc2)CN1c1ccc(C(=O)NCc2ccc(S(=O)(=O)CC)cc2)cc1. The first-order valence-corrected chi connectivity index (χ1v) is 15.4. The lowest BCUT2D eigenvalue weighted by Crippen LogP contribution is -2.44. The normalized spacial score (nSPS) is 17.2. The Morgan fingerprint density at radius 3 is 2.12 bits per heavy atom. The molecule has 0 aliphatic carbocycles. The molecule has 1 fully saturated rings. The molecule has 3 aromatic carbocycles. The first kappa shape index (κ1) is 31.1. The highest BCUT2D eigenvalue weighted by molar-refractivity contribution is 7.91. The van der Waals surface area contributed by atoms with Crippen LogP contribution in [-0.4, -0.2) is 57.1 Å². The van der Waals surface area contributed by atoms with Crippen molar-refractivity contribution in [2.24, 2.45) is 0 Å². The number of hydrogen-bond donors (Lipinski definition) is 1. The summed E-state index contributed by atoms with van der Waals surface area (Å²) in [4.78, 5) is 29.9. The third-order valence-electron chi connectivity index (χ3n) is 7.72. The Morgan fingerprint density at radius 2 is 1.57 bits per heavy atom. The smallest absolute Gasteiger partial charge is 0.359 e. The maximum absolute atomic E-state index is 13.2. The van der Waals surface area contributed by atoms with E-state index in [0.29, 0.717) is 25.1 Å². The van der Waals surface area contributed by atoms with E-state index < -0.39 is 27.6 Å². The van der Waals surface area contributed by atoms with Gasteiger partial charge in [-0.1, -0.05) is 31.2 Å². The summed E-state index contributed by atoms with van der Waals surface area (Å²) in [5.41, 5.74) is 1.92. The van der Waals surface area contributed by atoms with Crippen molar-refractivity contribution in [3.63, 3.8) is 0 Å². The van der Waals surface area contributed by atoms with Crippen LogP contribution in [0.1, 0.15) is 53.2 Å². The highest BCUT2D eigenvalue weighted by Crippen LogP contribution is 2.37. The van der Waals surface area contributed by atoms with E-state index in [1.165, 1.54) is 24.3 Å². The molecule has 0 spiro atoms. The Bertz CT molecular complexity index is 1510. The predicted octanol–water partition coefficient (Wildman–Crippen LogP) is 5.27. The number of halogens is 3. The van der Waals surface area contributed by atoms with Gasteiger partial charge in [-0.3, -0.25) is 9.59 Å². The number of likely N-dealkylation sites (N-methyl/N-ethyl adjacent to an activating group) is 1. The average molecular weight is 602 g/mol. The van der Waals surface area contributed by atoms with Crippen LogP contribution >= 0.6 is 0 Å². The number of amides is 2. The minimum absolute atomic E-state index is 0.0103.